The van der Waals surface area contributed by atoms with Gasteiger partial charge in [0.2, 0.25) is 0 Å². The van der Waals surface area contributed by atoms with E-state index in [4.69, 9.17) is 9.47 Å². The summed E-state index contributed by atoms with van der Waals surface area (Å²) >= 11 is 0. The van der Waals surface area contributed by atoms with E-state index in [-0.39, 0.29) is 5.97 Å². The Morgan fingerprint density at radius 3 is 2.47 bits per heavy atom. The van der Waals surface area contributed by atoms with Crippen LogP contribution < -0.4 is 5.32 Å². The summed E-state index contributed by atoms with van der Waals surface area (Å²) in [4.78, 5) is 13.6. The molecule has 0 aliphatic carbocycles. The average molecular weight is 246 g/mol. The first kappa shape index (κ1) is 16.4. The normalized spacial score (nSPS) is 11.9. The van der Waals surface area contributed by atoms with Gasteiger partial charge in [-0.1, -0.05) is 0 Å². The molecule has 0 aliphatic rings. The Hall–Kier alpha value is -0.650. The maximum Gasteiger partial charge on any atom is 0.312 e. The van der Waals surface area contributed by atoms with E-state index >= 15 is 0 Å². The molecule has 0 saturated heterocycles. The lowest BCUT2D eigenvalue weighted by Crippen LogP contribution is -2.40. The van der Waals surface area contributed by atoms with Crippen molar-refractivity contribution in [3.8, 4) is 0 Å². The molecule has 0 rings (SSSR count). The predicted octanol–water partition coefficient (Wildman–Crippen LogP) is 0.353. The lowest BCUT2D eigenvalue weighted by molar-refractivity contribution is -0.150. The van der Waals surface area contributed by atoms with E-state index < -0.39 is 5.41 Å². The molecule has 1 N–H and O–H groups in total. The van der Waals surface area contributed by atoms with Gasteiger partial charge in [0.1, 0.15) is 0 Å². The van der Waals surface area contributed by atoms with Crippen molar-refractivity contribution in [1.82, 2.24) is 10.2 Å². The number of carbonyl (C=O) groups excluding carboxylic acids is 1. The zero-order chi connectivity index (χ0) is 13.3. The number of rotatable bonds is 9. The van der Waals surface area contributed by atoms with E-state index in [9.17, 15) is 4.79 Å². The zero-order valence-electron chi connectivity index (χ0n) is 11.7. The lowest BCUT2D eigenvalue weighted by Gasteiger charge is -2.23. The standard InChI is InChI=1S/C12H26N2O3/c1-12(2,11(15)17-5)10-13-6-7-14(3)8-9-16-4/h13H,6-10H2,1-5H3. The van der Waals surface area contributed by atoms with E-state index in [1.165, 1.54) is 7.11 Å². The highest BCUT2D eigenvalue weighted by molar-refractivity contribution is 5.76. The summed E-state index contributed by atoms with van der Waals surface area (Å²) in [7, 11) is 5.17. The molecule has 0 radical (unpaired) electrons. The number of carbonyl (C=O) groups is 1. The van der Waals surface area contributed by atoms with Gasteiger partial charge in [-0.15, -0.1) is 0 Å². The van der Waals surface area contributed by atoms with Crippen LogP contribution in [0, 0.1) is 5.41 Å². The summed E-state index contributed by atoms with van der Waals surface area (Å²) < 4.78 is 9.74. The molecule has 0 fully saturated rings. The molecular formula is C12H26N2O3. The van der Waals surface area contributed by atoms with Crippen molar-refractivity contribution in [1.29, 1.82) is 0 Å². The summed E-state index contributed by atoms with van der Waals surface area (Å²) in [5, 5.41) is 3.26. The van der Waals surface area contributed by atoms with Crippen LogP contribution in [0.4, 0.5) is 0 Å². The minimum Gasteiger partial charge on any atom is -0.469 e. The van der Waals surface area contributed by atoms with Gasteiger partial charge >= 0.3 is 5.97 Å². The van der Waals surface area contributed by atoms with Gasteiger partial charge in [0.05, 0.1) is 19.1 Å². The molecule has 0 aliphatic heterocycles. The van der Waals surface area contributed by atoms with Gasteiger partial charge in [0.15, 0.2) is 0 Å². The van der Waals surface area contributed by atoms with E-state index in [1.54, 1.807) is 7.11 Å². The van der Waals surface area contributed by atoms with Crippen molar-refractivity contribution < 1.29 is 14.3 Å². The Labute approximate surface area is 104 Å². The first-order chi connectivity index (χ1) is 7.94. The Bertz CT molecular complexity index is 220. The van der Waals surface area contributed by atoms with Gasteiger partial charge in [-0.05, 0) is 20.9 Å². The molecule has 0 spiro atoms. The Balaban J connectivity index is 3.66. The maximum absolute atomic E-state index is 11.4. The van der Waals surface area contributed by atoms with Crippen LogP contribution in [0.15, 0.2) is 0 Å². The van der Waals surface area contributed by atoms with Gasteiger partial charge < -0.3 is 19.7 Å². The molecule has 0 aromatic carbocycles. The largest absolute Gasteiger partial charge is 0.469 e. The summed E-state index contributed by atoms with van der Waals surface area (Å²) in [5.41, 5.74) is -0.472. The van der Waals surface area contributed by atoms with Crippen LogP contribution in [0.3, 0.4) is 0 Å². The second-order valence-electron chi connectivity index (χ2n) is 4.85. The van der Waals surface area contributed by atoms with Gasteiger partial charge in [-0.2, -0.15) is 0 Å². The molecule has 0 atom stereocenters. The van der Waals surface area contributed by atoms with Crippen LogP contribution in [0.1, 0.15) is 13.8 Å². The maximum atomic E-state index is 11.4. The number of nitrogens with one attached hydrogen (secondary N) is 1. The first-order valence-corrected chi connectivity index (χ1v) is 5.90. The minimum atomic E-state index is -0.472. The molecule has 0 amide bonds. The number of ether oxygens (including phenoxy) is 2. The predicted molar refractivity (Wildman–Crippen MR) is 68.0 cm³/mol. The molecule has 5 nitrogen and oxygen atoms in total. The molecule has 0 saturated carbocycles. The highest BCUT2D eigenvalue weighted by Gasteiger charge is 2.27. The number of esters is 1. The third-order valence-electron chi connectivity index (χ3n) is 2.65. The lowest BCUT2D eigenvalue weighted by atomic mass is 9.94. The van der Waals surface area contributed by atoms with Crippen molar-refractivity contribution in [3.63, 3.8) is 0 Å². The van der Waals surface area contributed by atoms with Crippen molar-refractivity contribution >= 4 is 5.97 Å². The molecule has 0 aromatic rings. The Morgan fingerprint density at radius 2 is 1.94 bits per heavy atom. The Kier molecular flexibility index (Phi) is 8.12. The molecular weight excluding hydrogens is 220 g/mol. The quantitative estimate of drug-likeness (QED) is 0.470. The van der Waals surface area contributed by atoms with Crippen molar-refractivity contribution in [2.24, 2.45) is 5.41 Å². The van der Waals surface area contributed by atoms with Gasteiger partial charge in [-0.25, -0.2) is 0 Å². The monoisotopic (exact) mass is 246 g/mol. The van der Waals surface area contributed by atoms with E-state index in [0.717, 1.165) is 26.2 Å². The average Bonchev–Trinajstić information content (AvgIpc) is 2.30. The van der Waals surface area contributed by atoms with E-state index in [2.05, 4.69) is 10.2 Å². The summed E-state index contributed by atoms with van der Waals surface area (Å²) in [5.74, 6) is -0.183. The topological polar surface area (TPSA) is 50.8 Å². The molecule has 0 heterocycles. The van der Waals surface area contributed by atoms with E-state index in [1.807, 2.05) is 20.9 Å². The third-order valence-corrected chi connectivity index (χ3v) is 2.65. The molecule has 17 heavy (non-hydrogen) atoms. The fourth-order valence-electron chi connectivity index (χ4n) is 1.38. The zero-order valence-corrected chi connectivity index (χ0v) is 11.7. The smallest absolute Gasteiger partial charge is 0.312 e. The highest BCUT2D eigenvalue weighted by Crippen LogP contribution is 2.14. The molecule has 0 unspecified atom stereocenters. The summed E-state index contributed by atoms with van der Waals surface area (Å²) in [6, 6.07) is 0. The second kappa shape index (κ2) is 8.44. The molecule has 0 bridgehead atoms. The number of likely N-dealkylation sites (N-methyl/N-ethyl adjacent to an activating group) is 1. The van der Waals surface area contributed by atoms with Gasteiger partial charge in [0, 0.05) is 33.3 Å². The second-order valence-corrected chi connectivity index (χ2v) is 4.85. The minimum absolute atomic E-state index is 0.183. The van der Waals surface area contributed by atoms with Crippen molar-refractivity contribution in [2.75, 3.05) is 54.1 Å². The van der Waals surface area contributed by atoms with Crippen LogP contribution in [0.5, 0.6) is 0 Å². The van der Waals surface area contributed by atoms with Crippen LogP contribution in [0.25, 0.3) is 0 Å². The van der Waals surface area contributed by atoms with Gasteiger partial charge in [-0.3, -0.25) is 4.79 Å². The third kappa shape index (κ3) is 7.31. The van der Waals surface area contributed by atoms with Crippen LogP contribution in [-0.2, 0) is 14.3 Å². The molecule has 102 valence electrons. The molecule has 5 heteroatoms. The van der Waals surface area contributed by atoms with Crippen molar-refractivity contribution in [2.45, 2.75) is 13.8 Å². The van der Waals surface area contributed by atoms with E-state index in [0.29, 0.717) is 6.54 Å². The van der Waals surface area contributed by atoms with Crippen LogP contribution >= 0.6 is 0 Å². The number of nitrogens with zero attached hydrogens (tertiary/aromatic N) is 1. The number of methoxy groups -OCH3 is 2. The highest BCUT2D eigenvalue weighted by atomic mass is 16.5. The fraction of sp³-hybridized carbons (Fsp3) is 0.917. The fourth-order valence-corrected chi connectivity index (χ4v) is 1.38. The summed E-state index contributed by atoms with van der Waals surface area (Å²) in [6.45, 7) is 7.81. The number of hydrogen-bond donors (Lipinski definition) is 1. The number of hydrogen-bond acceptors (Lipinski definition) is 5. The first-order valence-electron chi connectivity index (χ1n) is 5.90. The van der Waals surface area contributed by atoms with Crippen LogP contribution in [0.2, 0.25) is 0 Å². The van der Waals surface area contributed by atoms with Gasteiger partial charge in [0.25, 0.3) is 0 Å². The van der Waals surface area contributed by atoms with Crippen molar-refractivity contribution in [3.05, 3.63) is 0 Å². The Morgan fingerprint density at radius 1 is 1.29 bits per heavy atom. The molecule has 0 aromatic heterocycles. The SMILES string of the molecule is COCCN(C)CCNCC(C)(C)C(=O)OC. The van der Waals surface area contributed by atoms with Crippen LogP contribution in [-0.4, -0.2) is 64.9 Å². The summed E-state index contributed by atoms with van der Waals surface area (Å²) in [6.07, 6.45) is 0.